The van der Waals surface area contributed by atoms with Gasteiger partial charge in [-0.1, -0.05) is 32.0 Å². The van der Waals surface area contributed by atoms with Gasteiger partial charge < -0.3 is 24.1 Å². The summed E-state index contributed by atoms with van der Waals surface area (Å²) in [6.45, 7) is 7.30. The lowest BCUT2D eigenvalue weighted by Gasteiger charge is -2.26. The van der Waals surface area contributed by atoms with Gasteiger partial charge in [0.2, 0.25) is 6.79 Å². The molecule has 2 aromatic rings. The SMILES string of the molecule is COc1cccc(CN(Cc2ccc3c(c2)OCO3)C[C@H](O)COCC(C)C)c1. The molecule has 0 fully saturated rings. The maximum absolute atomic E-state index is 10.5. The number of rotatable bonds is 11. The molecule has 6 nitrogen and oxygen atoms in total. The van der Waals surface area contributed by atoms with Crippen LogP contribution in [0, 0.1) is 5.92 Å². The third kappa shape index (κ3) is 6.63. The number of ether oxygens (including phenoxy) is 4. The molecule has 1 atom stereocenters. The van der Waals surface area contributed by atoms with Gasteiger partial charge in [0.15, 0.2) is 11.5 Å². The normalized spacial score (nSPS) is 13.9. The van der Waals surface area contributed by atoms with Gasteiger partial charge in [-0.2, -0.15) is 0 Å². The molecule has 0 spiro atoms. The largest absolute Gasteiger partial charge is 0.497 e. The average Bonchev–Trinajstić information content (AvgIpc) is 3.15. The van der Waals surface area contributed by atoms with E-state index in [-0.39, 0.29) is 6.79 Å². The summed E-state index contributed by atoms with van der Waals surface area (Å²) < 4.78 is 21.9. The fraction of sp³-hybridized carbons (Fsp3) is 0.478. The summed E-state index contributed by atoms with van der Waals surface area (Å²) in [5.74, 6) is 2.81. The molecule has 2 aromatic carbocycles. The van der Waals surface area contributed by atoms with Crippen molar-refractivity contribution in [3.63, 3.8) is 0 Å². The van der Waals surface area contributed by atoms with Gasteiger partial charge in [-0.3, -0.25) is 4.90 Å². The van der Waals surface area contributed by atoms with Gasteiger partial charge in [-0.25, -0.2) is 0 Å². The van der Waals surface area contributed by atoms with Crippen LogP contribution in [-0.2, 0) is 17.8 Å². The molecule has 0 radical (unpaired) electrons. The maximum atomic E-state index is 10.5. The zero-order valence-corrected chi connectivity index (χ0v) is 17.5. The minimum absolute atomic E-state index is 0.262. The Morgan fingerprint density at radius 1 is 1.00 bits per heavy atom. The lowest BCUT2D eigenvalue weighted by Crippen LogP contribution is -2.34. The fourth-order valence-corrected chi connectivity index (χ4v) is 3.30. The maximum Gasteiger partial charge on any atom is 0.231 e. The Labute approximate surface area is 173 Å². The highest BCUT2D eigenvalue weighted by molar-refractivity contribution is 5.44. The summed E-state index contributed by atoms with van der Waals surface area (Å²) >= 11 is 0. The fourth-order valence-electron chi connectivity index (χ4n) is 3.30. The lowest BCUT2D eigenvalue weighted by atomic mass is 10.1. The molecule has 0 aliphatic carbocycles. The van der Waals surface area contributed by atoms with Crippen molar-refractivity contribution >= 4 is 0 Å². The van der Waals surface area contributed by atoms with E-state index >= 15 is 0 Å². The average molecular weight is 402 g/mol. The molecule has 1 heterocycles. The van der Waals surface area contributed by atoms with E-state index in [9.17, 15) is 5.11 Å². The Morgan fingerprint density at radius 2 is 1.76 bits per heavy atom. The zero-order chi connectivity index (χ0) is 20.6. The minimum Gasteiger partial charge on any atom is -0.497 e. The summed E-state index contributed by atoms with van der Waals surface area (Å²) in [7, 11) is 1.67. The topological polar surface area (TPSA) is 60.4 Å². The van der Waals surface area contributed by atoms with E-state index in [0.29, 0.717) is 38.8 Å². The highest BCUT2D eigenvalue weighted by atomic mass is 16.7. The van der Waals surface area contributed by atoms with E-state index in [1.54, 1.807) is 7.11 Å². The monoisotopic (exact) mass is 401 g/mol. The van der Waals surface area contributed by atoms with Gasteiger partial charge in [0.05, 0.1) is 19.8 Å². The Balaban J connectivity index is 1.68. The number of aliphatic hydroxyl groups is 1. The molecule has 1 N–H and O–H groups in total. The van der Waals surface area contributed by atoms with Gasteiger partial charge in [-0.15, -0.1) is 0 Å². The van der Waals surface area contributed by atoms with E-state index in [1.165, 1.54) is 0 Å². The Bertz CT molecular complexity index is 780. The van der Waals surface area contributed by atoms with Crippen LogP contribution >= 0.6 is 0 Å². The second-order valence-electron chi connectivity index (χ2n) is 7.79. The lowest BCUT2D eigenvalue weighted by molar-refractivity contribution is 0.00553. The van der Waals surface area contributed by atoms with Crippen LogP contribution in [0.25, 0.3) is 0 Å². The van der Waals surface area contributed by atoms with Crippen LogP contribution in [0.5, 0.6) is 17.2 Å². The molecule has 0 saturated heterocycles. The second-order valence-corrected chi connectivity index (χ2v) is 7.79. The molecule has 6 heteroatoms. The first-order valence-electron chi connectivity index (χ1n) is 10.0. The predicted octanol–water partition coefficient (Wildman–Crippen LogP) is 3.46. The van der Waals surface area contributed by atoms with E-state index < -0.39 is 6.10 Å². The standard InChI is InChI=1S/C23H31NO5/c1-17(2)14-27-15-20(25)13-24(11-18-5-4-6-21(9-18)26-3)12-19-7-8-22-23(10-19)29-16-28-22/h4-10,17,20,25H,11-16H2,1-3H3/t20-/m0/s1. The van der Waals surface area contributed by atoms with Gasteiger partial charge in [0.1, 0.15) is 5.75 Å². The van der Waals surface area contributed by atoms with E-state index in [4.69, 9.17) is 18.9 Å². The number of nitrogens with zero attached hydrogens (tertiary/aromatic N) is 1. The van der Waals surface area contributed by atoms with Crippen LogP contribution in [0.4, 0.5) is 0 Å². The van der Waals surface area contributed by atoms with Crippen LogP contribution < -0.4 is 14.2 Å². The number of hydrogen-bond acceptors (Lipinski definition) is 6. The van der Waals surface area contributed by atoms with Crippen LogP contribution in [-0.4, -0.2) is 49.8 Å². The quantitative estimate of drug-likeness (QED) is 0.622. The zero-order valence-electron chi connectivity index (χ0n) is 17.5. The van der Waals surface area contributed by atoms with Crippen LogP contribution in [0.15, 0.2) is 42.5 Å². The van der Waals surface area contributed by atoms with Crippen molar-refractivity contribution in [1.29, 1.82) is 0 Å². The van der Waals surface area contributed by atoms with E-state index in [2.05, 4.69) is 24.8 Å². The second kappa shape index (κ2) is 10.5. The third-order valence-electron chi connectivity index (χ3n) is 4.61. The molecule has 0 bridgehead atoms. The molecule has 1 aliphatic heterocycles. The van der Waals surface area contributed by atoms with Gasteiger partial charge in [0, 0.05) is 26.2 Å². The summed E-state index contributed by atoms with van der Waals surface area (Å²) in [5.41, 5.74) is 2.23. The molecule has 0 aromatic heterocycles. The van der Waals surface area contributed by atoms with Crippen molar-refractivity contribution in [3.05, 3.63) is 53.6 Å². The van der Waals surface area contributed by atoms with Gasteiger partial charge in [0.25, 0.3) is 0 Å². The van der Waals surface area contributed by atoms with Crippen molar-refractivity contribution in [1.82, 2.24) is 4.90 Å². The van der Waals surface area contributed by atoms with Crippen LogP contribution in [0.3, 0.4) is 0 Å². The Morgan fingerprint density at radius 3 is 2.52 bits per heavy atom. The van der Waals surface area contributed by atoms with Crippen molar-refractivity contribution in [3.8, 4) is 17.2 Å². The number of hydrogen-bond donors (Lipinski definition) is 1. The molecule has 1 aliphatic rings. The first-order chi connectivity index (χ1) is 14.0. The predicted molar refractivity (Wildman–Crippen MR) is 111 cm³/mol. The Kier molecular flexibility index (Phi) is 7.75. The number of methoxy groups -OCH3 is 1. The van der Waals surface area contributed by atoms with Gasteiger partial charge >= 0.3 is 0 Å². The van der Waals surface area contributed by atoms with Crippen LogP contribution in [0.2, 0.25) is 0 Å². The van der Waals surface area contributed by atoms with Crippen molar-refractivity contribution in [2.45, 2.75) is 33.0 Å². The molecule has 158 valence electrons. The minimum atomic E-state index is -0.562. The van der Waals surface area contributed by atoms with Crippen molar-refractivity contribution < 1.29 is 24.1 Å². The third-order valence-corrected chi connectivity index (χ3v) is 4.61. The molecule has 0 unspecified atom stereocenters. The smallest absolute Gasteiger partial charge is 0.231 e. The highest BCUT2D eigenvalue weighted by Gasteiger charge is 2.17. The van der Waals surface area contributed by atoms with E-state index in [1.807, 2.05) is 36.4 Å². The molecular weight excluding hydrogens is 370 g/mol. The number of aliphatic hydroxyl groups excluding tert-OH is 1. The number of benzene rings is 2. The Hall–Kier alpha value is -2.28. The van der Waals surface area contributed by atoms with Crippen LogP contribution in [0.1, 0.15) is 25.0 Å². The summed E-state index contributed by atoms with van der Waals surface area (Å²) in [5, 5.41) is 10.5. The number of fused-ring (bicyclic) bond motifs is 1. The van der Waals surface area contributed by atoms with Gasteiger partial charge in [-0.05, 0) is 41.3 Å². The molecule has 0 amide bonds. The first-order valence-corrected chi connectivity index (χ1v) is 10.0. The highest BCUT2D eigenvalue weighted by Crippen LogP contribution is 2.33. The molecule has 0 saturated carbocycles. The van der Waals surface area contributed by atoms with Crippen molar-refractivity contribution in [2.24, 2.45) is 5.92 Å². The molecule has 3 rings (SSSR count). The first kappa shape index (κ1) is 21.4. The summed E-state index contributed by atoms with van der Waals surface area (Å²) in [6, 6.07) is 14.0. The molecule has 29 heavy (non-hydrogen) atoms. The van der Waals surface area contributed by atoms with E-state index in [0.717, 1.165) is 28.4 Å². The van der Waals surface area contributed by atoms with Crippen molar-refractivity contribution in [2.75, 3.05) is 33.7 Å². The summed E-state index contributed by atoms with van der Waals surface area (Å²) in [6.07, 6.45) is -0.562. The summed E-state index contributed by atoms with van der Waals surface area (Å²) in [4.78, 5) is 2.20. The molecular formula is C23H31NO5.